The van der Waals surface area contributed by atoms with Crippen molar-refractivity contribution in [3.63, 3.8) is 0 Å². The lowest BCUT2D eigenvalue weighted by Crippen LogP contribution is -2.37. The second-order valence-electron chi connectivity index (χ2n) is 6.76. The van der Waals surface area contributed by atoms with E-state index in [1.54, 1.807) is 0 Å². The van der Waals surface area contributed by atoms with Crippen molar-refractivity contribution in [1.82, 2.24) is 24.6 Å². The second-order valence-corrected chi connectivity index (χ2v) is 6.76. The van der Waals surface area contributed by atoms with Crippen LogP contribution >= 0.6 is 0 Å². The molecule has 2 aliphatic rings. The predicted octanol–water partition coefficient (Wildman–Crippen LogP) is 0.939. The van der Waals surface area contributed by atoms with Gasteiger partial charge in [-0.15, -0.1) is 10.2 Å². The fourth-order valence-electron chi connectivity index (χ4n) is 3.28. The Hall–Kier alpha value is -1.47. The molecule has 0 spiro atoms. The summed E-state index contributed by atoms with van der Waals surface area (Å²) in [5, 5.41) is 17.8. The van der Waals surface area contributed by atoms with Crippen LogP contribution in [0, 0.1) is 0 Å². The number of likely N-dealkylation sites (tertiary alicyclic amines) is 1. The van der Waals surface area contributed by atoms with E-state index >= 15 is 0 Å². The molecule has 0 aromatic carbocycles. The van der Waals surface area contributed by atoms with Crippen LogP contribution in [0.15, 0.2) is 0 Å². The predicted molar refractivity (Wildman–Crippen MR) is 81.7 cm³/mol. The first-order valence-electron chi connectivity index (χ1n) is 8.07. The summed E-state index contributed by atoms with van der Waals surface area (Å²) >= 11 is 0. The van der Waals surface area contributed by atoms with Gasteiger partial charge in [0.2, 0.25) is 0 Å². The van der Waals surface area contributed by atoms with Crippen LogP contribution in [-0.4, -0.2) is 69.4 Å². The molecule has 7 heteroatoms. The number of carbonyl (C=O) groups is 1. The van der Waals surface area contributed by atoms with Gasteiger partial charge in [-0.2, -0.15) is 0 Å². The van der Waals surface area contributed by atoms with Crippen molar-refractivity contribution < 1.29 is 9.90 Å². The topological polar surface area (TPSA) is 74.5 Å². The van der Waals surface area contributed by atoms with Crippen molar-refractivity contribution in [3.05, 3.63) is 11.6 Å². The van der Waals surface area contributed by atoms with E-state index in [0.717, 1.165) is 44.1 Å². The van der Waals surface area contributed by atoms with Gasteiger partial charge in [0.25, 0.3) is 0 Å². The second kappa shape index (κ2) is 6.34. The number of aromatic nitrogens is 3. The molecule has 2 heterocycles. The quantitative estimate of drug-likeness (QED) is 0.843. The highest BCUT2D eigenvalue weighted by Crippen LogP contribution is 2.39. The zero-order valence-corrected chi connectivity index (χ0v) is 13.4. The van der Waals surface area contributed by atoms with E-state index in [1.807, 2.05) is 4.90 Å². The summed E-state index contributed by atoms with van der Waals surface area (Å²) in [5.41, 5.74) is 0. The van der Waals surface area contributed by atoms with Gasteiger partial charge in [0.05, 0.1) is 13.1 Å². The van der Waals surface area contributed by atoms with Gasteiger partial charge in [-0.25, -0.2) is 0 Å². The molecule has 0 unspecified atom stereocenters. The molecule has 22 heavy (non-hydrogen) atoms. The van der Waals surface area contributed by atoms with Gasteiger partial charge < -0.3 is 14.6 Å². The molecule has 1 aromatic heterocycles. The largest absolute Gasteiger partial charge is 0.480 e. The molecule has 1 N–H and O–H groups in total. The number of hydrogen-bond donors (Lipinski definition) is 1. The maximum Gasteiger partial charge on any atom is 0.317 e. The molecule has 0 radical (unpaired) electrons. The van der Waals surface area contributed by atoms with Crippen molar-refractivity contribution >= 4 is 5.97 Å². The van der Waals surface area contributed by atoms with Crippen molar-refractivity contribution in [2.45, 2.75) is 44.2 Å². The summed E-state index contributed by atoms with van der Waals surface area (Å²) in [4.78, 5) is 14.9. The van der Waals surface area contributed by atoms with Crippen LogP contribution < -0.4 is 0 Å². The van der Waals surface area contributed by atoms with Gasteiger partial charge in [-0.3, -0.25) is 9.69 Å². The Morgan fingerprint density at radius 2 is 1.91 bits per heavy atom. The number of hydrogen-bond acceptors (Lipinski definition) is 5. The number of carboxylic acid groups (broad SMARTS) is 1. The Morgan fingerprint density at radius 3 is 2.45 bits per heavy atom. The molecule has 122 valence electrons. The van der Waals surface area contributed by atoms with Crippen LogP contribution in [-0.2, 0) is 11.3 Å². The highest BCUT2D eigenvalue weighted by Gasteiger charge is 2.33. The van der Waals surface area contributed by atoms with Gasteiger partial charge in [0, 0.05) is 12.0 Å². The lowest BCUT2D eigenvalue weighted by molar-refractivity contribution is -0.138. The zero-order chi connectivity index (χ0) is 15.7. The lowest BCUT2D eigenvalue weighted by Gasteiger charge is -2.30. The van der Waals surface area contributed by atoms with E-state index in [0.29, 0.717) is 12.0 Å². The molecule has 1 saturated carbocycles. The van der Waals surface area contributed by atoms with Crippen molar-refractivity contribution in [2.75, 3.05) is 33.7 Å². The van der Waals surface area contributed by atoms with Crippen LogP contribution in [0.5, 0.6) is 0 Å². The number of aliphatic carboxylic acids is 1. The number of nitrogens with zero attached hydrogens (tertiary/aromatic N) is 5. The van der Waals surface area contributed by atoms with Crippen LogP contribution in [0.4, 0.5) is 0 Å². The summed E-state index contributed by atoms with van der Waals surface area (Å²) < 4.78 is 2.36. The van der Waals surface area contributed by atoms with Gasteiger partial charge in [0.15, 0.2) is 0 Å². The third-order valence-electron chi connectivity index (χ3n) is 4.47. The summed E-state index contributed by atoms with van der Waals surface area (Å²) in [7, 11) is 4.10. The molecule has 0 bridgehead atoms. The first kappa shape index (κ1) is 15.4. The minimum Gasteiger partial charge on any atom is -0.480 e. The van der Waals surface area contributed by atoms with Gasteiger partial charge in [-0.1, -0.05) is 0 Å². The van der Waals surface area contributed by atoms with Crippen LogP contribution in [0.1, 0.15) is 49.3 Å². The Balaban J connectivity index is 1.70. The third-order valence-corrected chi connectivity index (χ3v) is 4.47. The van der Waals surface area contributed by atoms with Crippen LogP contribution in [0.3, 0.4) is 0 Å². The molecular weight excluding hydrogens is 282 g/mol. The minimum absolute atomic E-state index is 0.147. The maximum absolute atomic E-state index is 10.8. The van der Waals surface area contributed by atoms with E-state index in [1.165, 1.54) is 12.8 Å². The molecule has 1 aliphatic carbocycles. The summed E-state index contributed by atoms with van der Waals surface area (Å²) in [6.07, 6.45) is 4.40. The molecule has 1 aliphatic heterocycles. The Kier molecular flexibility index (Phi) is 4.44. The van der Waals surface area contributed by atoms with Crippen LogP contribution in [0.25, 0.3) is 0 Å². The number of piperidine rings is 1. The first-order chi connectivity index (χ1) is 10.5. The van der Waals surface area contributed by atoms with Crippen LogP contribution in [0.2, 0.25) is 0 Å². The van der Waals surface area contributed by atoms with Gasteiger partial charge in [-0.05, 0) is 52.9 Å². The molecule has 1 aromatic rings. The Labute approximate surface area is 130 Å². The van der Waals surface area contributed by atoms with Gasteiger partial charge in [0.1, 0.15) is 11.6 Å². The van der Waals surface area contributed by atoms with Gasteiger partial charge >= 0.3 is 5.97 Å². The van der Waals surface area contributed by atoms with Crippen molar-refractivity contribution in [2.24, 2.45) is 0 Å². The molecule has 1 saturated heterocycles. The monoisotopic (exact) mass is 307 g/mol. The molecule has 0 amide bonds. The smallest absolute Gasteiger partial charge is 0.317 e. The summed E-state index contributed by atoms with van der Waals surface area (Å²) in [6, 6.07) is 0.581. The Bertz CT molecular complexity index is 530. The molecule has 7 nitrogen and oxygen atoms in total. The standard InChI is InChI=1S/C15H25N5O2/c1-18(2)9-13-16-17-15(20(13)12-3-4-12)11-5-7-19(8-6-11)10-14(21)22/h11-12H,3-10H2,1-2H3,(H,21,22). The average molecular weight is 307 g/mol. The SMILES string of the molecule is CN(C)Cc1nnc(C2CCN(CC(=O)O)CC2)n1C1CC1. The molecule has 3 rings (SSSR count). The third kappa shape index (κ3) is 3.47. The van der Waals surface area contributed by atoms with E-state index in [9.17, 15) is 4.79 Å². The Morgan fingerprint density at radius 1 is 1.23 bits per heavy atom. The highest BCUT2D eigenvalue weighted by molar-refractivity contribution is 5.69. The zero-order valence-electron chi connectivity index (χ0n) is 13.4. The minimum atomic E-state index is -0.743. The fourth-order valence-corrected chi connectivity index (χ4v) is 3.28. The van der Waals surface area contributed by atoms with E-state index in [4.69, 9.17) is 5.11 Å². The average Bonchev–Trinajstić information content (AvgIpc) is 3.20. The first-order valence-corrected chi connectivity index (χ1v) is 8.07. The summed E-state index contributed by atoms with van der Waals surface area (Å²) in [5.74, 6) is 1.85. The highest BCUT2D eigenvalue weighted by atomic mass is 16.4. The fraction of sp³-hybridized carbons (Fsp3) is 0.800. The van der Waals surface area contributed by atoms with E-state index in [-0.39, 0.29) is 6.54 Å². The van der Waals surface area contributed by atoms with Crippen molar-refractivity contribution in [1.29, 1.82) is 0 Å². The van der Waals surface area contributed by atoms with E-state index in [2.05, 4.69) is 33.8 Å². The number of rotatable bonds is 6. The molecular formula is C15H25N5O2. The van der Waals surface area contributed by atoms with Crippen molar-refractivity contribution in [3.8, 4) is 0 Å². The normalized spacial score (nSPS) is 20.7. The van der Waals surface area contributed by atoms with E-state index < -0.39 is 5.97 Å². The summed E-state index contributed by atoms with van der Waals surface area (Å²) in [6.45, 7) is 2.63. The maximum atomic E-state index is 10.8. The lowest BCUT2D eigenvalue weighted by atomic mass is 9.96. The molecule has 0 atom stereocenters. The molecule has 2 fully saturated rings. The number of carboxylic acids is 1.